The fraction of sp³-hybridized carbons (Fsp3) is 1.00. The van der Waals surface area contributed by atoms with Crippen LogP contribution in [0.3, 0.4) is 0 Å². The monoisotopic (exact) mass is 216 g/mol. The van der Waals surface area contributed by atoms with Crippen LogP contribution in [0.4, 0.5) is 0 Å². The summed E-state index contributed by atoms with van der Waals surface area (Å²) in [7, 11) is 8.41. The van der Waals surface area contributed by atoms with Crippen LogP contribution in [0.25, 0.3) is 0 Å². The molecule has 0 saturated heterocycles. The van der Waals surface area contributed by atoms with E-state index >= 15 is 0 Å². The van der Waals surface area contributed by atoms with E-state index in [-0.39, 0.29) is 0 Å². The van der Waals surface area contributed by atoms with Gasteiger partial charge in [0.05, 0.1) is 13.2 Å². The molecule has 15 heavy (non-hydrogen) atoms. The van der Waals surface area contributed by atoms with Gasteiger partial charge in [-0.15, -0.1) is 0 Å². The first-order valence-electron chi connectivity index (χ1n) is 5.79. The van der Waals surface area contributed by atoms with Gasteiger partial charge in [-0.1, -0.05) is 13.8 Å². The predicted molar refractivity (Wildman–Crippen MR) is 66.3 cm³/mol. The van der Waals surface area contributed by atoms with Crippen LogP contribution in [0.15, 0.2) is 0 Å². The van der Waals surface area contributed by atoms with Gasteiger partial charge in [-0.25, -0.2) is 0 Å². The molecule has 0 amide bonds. The Morgan fingerprint density at radius 2 is 1.13 bits per heavy atom. The Morgan fingerprint density at radius 3 is 1.40 bits per heavy atom. The van der Waals surface area contributed by atoms with Crippen LogP contribution >= 0.6 is 0 Å². The van der Waals surface area contributed by atoms with E-state index in [0.29, 0.717) is 11.8 Å². The lowest BCUT2D eigenvalue weighted by Crippen LogP contribution is -2.26. The van der Waals surface area contributed by atoms with Gasteiger partial charge in [-0.2, -0.15) is 0 Å². The van der Waals surface area contributed by atoms with E-state index in [9.17, 15) is 0 Å². The number of hydrogen-bond donors (Lipinski definition) is 0. The van der Waals surface area contributed by atoms with Crippen molar-refractivity contribution in [1.82, 2.24) is 9.80 Å². The fourth-order valence-electron chi connectivity index (χ4n) is 1.82. The van der Waals surface area contributed by atoms with Crippen molar-refractivity contribution in [3.63, 3.8) is 0 Å². The molecule has 3 heteroatoms. The molecule has 0 heterocycles. The molecule has 0 N–H and O–H groups in total. The molecule has 0 aromatic rings. The summed E-state index contributed by atoms with van der Waals surface area (Å²) in [6, 6.07) is 0. The van der Waals surface area contributed by atoms with Crippen molar-refractivity contribution in [3.05, 3.63) is 0 Å². The summed E-state index contributed by atoms with van der Waals surface area (Å²) in [5.74, 6) is 1.23. The van der Waals surface area contributed by atoms with Gasteiger partial charge in [0, 0.05) is 13.1 Å². The molecule has 0 radical (unpaired) electrons. The Hall–Kier alpha value is -0.120. The summed E-state index contributed by atoms with van der Waals surface area (Å²) in [5.41, 5.74) is 0. The summed E-state index contributed by atoms with van der Waals surface area (Å²) in [4.78, 5) is 4.41. The first-order chi connectivity index (χ1) is 6.91. The number of rotatable bonds is 8. The average molecular weight is 216 g/mol. The number of ether oxygens (including phenoxy) is 1. The highest BCUT2D eigenvalue weighted by atomic mass is 16.5. The third-order valence-electron chi connectivity index (χ3n) is 2.16. The largest absolute Gasteiger partial charge is 0.381 e. The fourth-order valence-corrected chi connectivity index (χ4v) is 1.82. The van der Waals surface area contributed by atoms with Crippen molar-refractivity contribution < 1.29 is 4.74 Å². The molecule has 0 aliphatic rings. The third kappa shape index (κ3) is 10.2. The highest BCUT2D eigenvalue weighted by Gasteiger charge is 2.07. The second-order valence-corrected chi connectivity index (χ2v) is 5.27. The van der Waals surface area contributed by atoms with Crippen molar-refractivity contribution in [2.75, 3.05) is 54.5 Å². The Kier molecular flexibility index (Phi) is 8.02. The van der Waals surface area contributed by atoms with Crippen molar-refractivity contribution in [1.29, 1.82) is 0 Å². The molecule has 0 spiro atoms. The van der Waals surface area contributed by atoms with E-state index in [4.69, 9.17) is 4.74 Å². The smallest absolute Gasteiger partial charge is 0.0503 e. The zero-order valence-corrected chi connectivity index (χ0v) is 11.3. The molecular formula is C12H28N2O. The molecule has 0 fully saturated rings. The Balaban J connectivity index is 3.44. The molecule has 0 aliphatic heterocycles. The van der Waals surface area contributed by atoms with Crippen LogP contribution in [-0.2, 0) is 4.74 Å². The first kappa shape index (κ1) is 14.9. The summed E-state index contributed by atoms with van der Waals surface area (Å²) >= 11 is 0. The van der Waals surface area contributed by atoms with Crippen LogP contribution < -0.4 is 0 Å². The average Bonchev–Trinajstić information content (AvgIpc) is 2.00. The second kappa shape index (κ2) is 8.08. The molecule has 2 unspecified atom stereocenters. The van der Waals surface area contributed by atoms with E-state index in [1.165, 1.54) is 0 Å². The highest BCUT2D eigenvalue weighted by molar-refractivity contribution is 4.57. The van der Waals surface area contributed by atoms with Gasteiger partial charge >= 0.3 is 0 Å². The maximum atomic E-state index is 5.71. The van der Waals surface area contributed by atoms with Crippen LogP contribution in [0.2, 0.25) is 0 Å². The van der Waals surface area contributed by atoms with Crippen molar-refractivity contribution in [2.45, 2.75) is 13.8 Å². The van der Waals surface area contributed by atoms with Crippen molar-refractivity contribution in [2.24, 2.45) is 11.8 Å². The van der Waals surface area contributed by atoms with E-state index < -0.39 is 0 Å². The zero-order chi connectivity index (χ0) is 11.8. The zero-order valence-electron chi connectivity index (χ0n) is 11.3. The SMILES string of the molecule is CC(COCC(C)CN(C)C)CN(C)C. The Bertz CT molecular complexity index is 133. The van der Waals surface area contributed by atoms with Crippen molar-refractivity contribution in [3.8, 4) is 0 Å². The van der Waals surface area contributed by atoms with Gasteiger partial charge in [-0.05, 0) is 40.0 Å². The third-order valence-corrected chi connectivity index (χ3v) is 2.16. The van der Waals surface area contributed by atoms with E-state index in [1.54, 1.807) is 0 Å². The van der Waals surface area contributed by atoms with Crippen LogP contribution in [0.1, 0.15) is 13.8 Å². The normalized spacial score (nSPS) is 16.0. The van der Waals surface area contributed by atoms with Crippen LogP contribution in [0, 0.1) is 11.8 Å². The Labute approximate surface area is 95.4 Å². The second-order valence-electron chi connectivity index (χ2n) is 5.27. The van der Waals surface area contributed by atoms with Gasteiger partial charge in [0.25, 0.3) is 0 Å². The quantitative estimate of drug-likeness (QED) is 0.610. The summed E-state index contributed by atoms with van der Waals surface area (Å²) < 4.78 is 5.71. The molecule has 0 saturated carbocycles. The Morgan fingerprint density at radius 1 is 0.800 bits per heavy atom. The van der Waals surface area contributed by atoms with E-state index in [2.05, 4.69) is 51.8 Å². The van der Waals surface area contributed by atoms with Crippen LogP contribution in [-0.4, -0.2) is 64.3 Å². The summed E-state index contributed by atoms with van der Waals surface area (Å²) in [6.45, 7) is 8.41. The maximum Gasteiger partial charge on any atom is 0.0503 e. The molecule has 0 aromatic heterocycles. The summed E-state index contributed by atoms with van der Waals surface area (Å²) in [6.07, 6.45) is 0. The minimum absolute atomic E-state index is 0.617. The molecule has 2 atom stereocenters. The molecule has 3 nitrogen and oxygen atoms in total. The lowest BCUT2D eigenvalue weighted by Gasteiger charge is -2.20. The predicted octanol–water partition coefficient (Wildman–Crippen LogP) is 1.40. The van der Waals surface area contributed by atoms with Gasteiger partial charge in [0.1, 0.15) is 0 Å². The highest BCUT2D eigenvalue weighted by Crippen LogP contribution is 2.01. The summed E-state index contributed by atoms with van der Waals surface area (Å²) in [5, 5.41) is 0. The standard InChI is InChI=1S/C12H28N2O/c1-11(7-13(3)4)9-15-10-12(2)8-14(5)6/h11-12H,7-10H2,1-6H3. The molecule has 0 aromatic carbocycles. The number of hydrogen-bond acceptors (Lipinski definition) is 3. The molecule has 92 valence electrons. The molecule has 0 bridgehead atoms. The van der Waals surface area contributed by atoms with Crippen molar-refractivity contribution >= 4 is 0 Å². The lowest BCUT2D eigenvalue weighted by atomic mass is 10.2. The first-order valence-corrected chi connectivity index (χ1v) is 5.79. The minimum Gasteiger partial charge on any atom is -0.381 e. The van der Waals surface area contributed by atoms with Gasteiger partial charge in [0.2, 0.25) is 0 Å². The topological polar surface area (TPSA) is 15.7 Å². The minimum atomic E-state index is 0.617. The van der Waals surface area contributed by atoms with Crippen LogP contribution in [0.5, 0.6) is 0 Å². The van der Waals surface area contributed by atoms with E-state index in [0.717, 1.165) is 26.3 Å². The maximum absolute atomic E-state index is 5.71. The van der Waals surface area contributed by atoms with Gasteiger partial charge in [0.15, 0.2) is 0 Å². The van der Waals surface area contributed by atoms with E-state index in [1.807, 2.05) is 0 Å². The lowest BCUT2D eigenvalue weighted by molar-refractivity contribution is 0.0658. The van der Waals surface area contributed by atoms with Gasteiger partial charge < -0.3 is 14.5 Å². The molecule has 0 rings (SSSR count). The number of nitrogens with zero attached hydrogens (tertiary/aromatic N) is 2. The van der Waals surface area contributed by atoms with Gasteiger partial charge in [-0.3, -0.25) is 0 Å². The molecule has 0 aliphatic carbocycles. The molecular weight excluding hydrogens is 188 g/mol.